The van der Waals surface area contributed by atoms with E-state index in [0.717, 1.165) is 13.0 Å². The molecule has 1 radical (unpaired) electrons. The smallest absolute Gasteiger partial charge is 0.0974 e. The first-order valence-electron chi connectivity index (χ1n) is 2.41. The second-order valence-electron chi connectivity index (χ2n) is 1.38. The Kier molecular flexibility index (Phi) is 1.88. The summed E-state index contributed by atoms with van der Waals surface area (Å²) in [4.78, 5) is 3.90. The van der Waals surface area contributed by atoms with Crippen molar-refractivity contribution in [3.63, 3.8) is 0 Å². The lowest BCUT2D eigenvalue weighted by molar-refractivity contribution is 0.165. The lowest BCUT2D eigenvalue weighted by Crippen LogP contribution is -1.91. The zero-order valence-electron chi connectivity index (χ0n) is 4.13. The predicted molar refractivity (Wildman–Crippen MR) is 28.2 cm³/mol. The van der Waals surface area contributed by atoms with Crippen molar-refractivity contribution in [2.24, 2.45) is 4.99 Å². The Bertz CT molecular complexity index is 62.5. The quantitative estimate of drug-likeness (QED) is 0.435. The molecule has 0 aromatic heterocycles. The molecule has 1 heterocycles. The molecule has 0 aromatic carbocycles. The molecule has 39 valence electrons. The highest BCUT2D eigenvalue weighted by Crippen LogP contribution is 1.89. The Morgan fingerprint density at radius 3 is 3.57 bits per heavy atom. The molecule has 7 heavy (non-hydrogen) atoms. The number of ether oxygens (including phenoxy) is 1. The SMILES string of the molecule is [CH]1COCCC=N1. The van der Waals surface area contributed by atoms with Crippen LogP contribution >= 0.6 is 0 Å². The fourth-order valence-corrected chi connectivity index (χ4v) is 0.464. The summed E-state index contributed by atoms with van der Waals surface area (Å²) in [6.45, 7) is 3.27. The minimum atomic E-state index is 0.677. The van der Waals surface area contributed by atoms with E-state index in [1.807, 2.05) is 6.21 Å². The van der Waals surface area contributed by atoms with Crippen LogP contribution in [-0.2, 0) is 4.74 Å². The molecule has 1 aliphatic heterocycles. The van der Waals surface area contributed by atoms with Gasteiger partial charge in [-0.25, -0.2) is 0 Å². The van der Waals surface area contributed by atoms with E-state index in [9.17, 15) is 0 Å². The Balaban J connectivity index is 2.20. The van der Waals surface area contributed by atoms with Crippen LogP contribution in [0.25, 0.3) is 0 Å². The van der Waals surface area contributed by atoms with Crippen LogP contribution in [0.5, 0.6) is 0 Å². The molecule has 2 heteroatoms. The van der Waals surface area contributed by atoms with E-state index in [4.69, 9.17) is 4.74 Å². The molecule has 0 N–H and O–H groups in total. The van der Waals surface area contributed by atoms with Crippen LogP contribution in [-0.4, -0.2) is 19.4 Å². The molecule has 1 aliphatic rings. The van der Waals surface area contributed by atoms with Gasteiger partial charge >= 0.3 is 0 Å². The van der Waals surface area contributed by atoms with Crippen LogP contribution in [0, 0.1) is 6.54 Å². The van der Waals surface area contributed by atoms with Crippen LogP contribution in [0.3, 0.4) is 0 Å². The van der Waals surface area contributed by atoms with Gasteiger partial charge in [-0.3, -0.25) is 4.99 Å². The first kappa shape index (κ1) is 4.78. The van der Waals surface area contributed by atoms with Crippen molar-refractivity contribution >= 4 is 6.21 Å². The van der Waals surface area contributed by atoms with Crippen molar-refractivity contribution < 1.29 is 4.74 Å². The van der Waals surface area contributed by atoms with Crippen molar-refractivity contribution in [1.82, 2.24) is 0 Å². The lowest BCUT2D eigenvalue weighted by Gasteiger charge is -1.90. The summed E-state index contributed by atoms with van der Waals surface area (Å²) in [7, 11) is 0. The number of hydrogen-bond acceptors (Lipinski definition) is 2. The van der Waals surface area contributed by atoms with E-state index in [-0.39, 0.29) is 0 Å². The molecule has 0 aliphatic carbocycles. The zero-order chi connectivity index (χ0) is 4.95. The monoisotopic (exact) mass is 98.1 g/mol. The lowest BCUT2D eigenvalue weighted by atomic mass is 10.5. The highest BCUT2D eigenvalue weighted by Gasteiger charge is 1.89. The number of aliphatic imine (C=N–C) groups is 1. The summed E-state index contributed by atoms with van der Waals surface area (Å²) in [5.74, 6) is 0. The van der Waals surface area contributed by atoms with Crippen molar-refractivity contribution in [2.45, 2.75) is 6.42 Å². The largest absolute Gasteiger partial charge is 0.379 e. The van der Waals surface area contributed by atoms with Crippen LogP contribution in [0.15, 0.2) is 4.99 Å². The molecule has 1 rings (SSSR count). The van der Waals surface area contributed by atoms with Crippen molar-refractivity contribution in [2.75, 3.05) is 13.2 Å². The topological polar surface area (TPSA) is 21.6 Å². The second-order valence-corrected chi connectivity index (χ2v) is 1.38. The minimum absolute atomic E-state index is 0.677. The van der Waals surface area contributed by atoms with E-state index in [1.54, 1.807) is 6.54 Å². The van der Waals surface area contributed by atoms with E-state index < -0.39 is 0 Å². The van der Waals surface area contributed by atoms with Gasteiger partial charge in [0.2, 0.25) is 0 Å². The fourth-order valence-electron chi connectivity index (χ4n) is 0.464. The average Bonchev–Trinajstić information content (AvgIpc) is 1.90. The van der Waals surface area contributed by atoms with Gasteiger partial charge in [0.1, 0.15) is 0 Å². The molecule has 0 fully saturated rings. The number of hydrogen-bond donors (Lipinski definition) is 0. The Labute approximate surface area is 43.2 Å². The van der Waals surface area contributed by atoms with Gasteiger partial charge in [-0.2, -0.15) is 0 Å². The maximum absolute atomic E-state index is 5.01. The van der Waals surface area contributed by atoms with E-state index >= 15 is 0 Å². The first-order valence-corrected chi connectivity index (χ1v) is 2.41. The van der Waals surface area contributed by atoms with Gasteiger partial charge in [0, 0.05) is 12.6 Å². The molecule has 0 unspecified atom stereocenters. The molecule has 0 saturated carbocycles. The third-order valence-electron chi connectivity index (χ3n) is 0.794. The third kappa shape index (κ3) is 1.69. The van der Waals surface area contributed by atoms with Gasteiger partial charge in [0.15, 0.2) is 0 Å². The highest BCUT2D eigenvalue weighted by atomic mass is 16.5. The summed E-state index contributed by atoms with van der Waals surface area (Å²) < 4.78 is 5.01. The summed E-state index contributed by atoms with van der Waals surface area (Å²) >= 11 is 0. The van der Waals surface area contributed by atoms with Gasteiger partial charge < -0.3 is 4.74 Å². The van der Waals surface area contributed by atoms with Gasteiger partial charge in [-0.1, -0.05) is 0 Å². The van der Waals surface area contributed by atoms with Gasteiger partial charge in [0.05, 0.1) is 19.8 Å². The van der Waals surface area contributed by atoms with Crippen LogP contribution in [0.2, 0.25) is 0 Å². The third-order valence-corrected chi connectivity index (χ3v) is 0.794. The standard InChI is InChI=1S/C5H8NO/c1-2-6-3-5-7-4-1/h2-3H,1,4-5H2. The molecular weight excluding hydrogens is 90.1 g/mol. The number of nitrogens with zero attached hydrogens (tertiary/aromatic N) is 1. The summed E-state index contributed by atoms with van der Waals surface area (Å²) in [5, 5.41) is 0. The Morgan fingerprint density at radius 1 is 1.57 bits per heavy atom. The van der Waals surface area contributed by atoms with Crippen molar-refractivity contribution in [3.8, 4) is 0 Å². The molecule has 0 atom stereocenters. The molecule has 0 spiro atoms. The molecule has 0 amide bonds. The van der Waals surface area contributed by atoms with Gasteiger partial charge in [0.25, 0.3) is 0 Å². The van der Waals surface area contributed by atoms with Crippen LogP contribution in [0.4, 0.5) is 0 Å². The Hall–Kier alpha value is -0.370. The maximum atomic E-state index is 5.01. The van der Waals surface area contributed by atoms with Crippen molar-refractivity contribution in [1.29, 1.82) is 0 Å². The van der Waals surface area contributed by atoms with Crippen LogP contribution < -0.4 is 0 Å². The van der Waals surface area contributed by atoms with Gasteiger partial charge in [-0.15, -0.1) is 0 Å². The number of rotatable bonds is 0. The fraction of sp³-hybridized carbons (Fsp3) is 0.600. The molecule has 2 nitrogen and oxygen atoms in total. The van der Waals surface area contributed by atoms with Crippen LogP contribution in [0.1, 0.15) is 6.42 Å². The van der Waals surface area contributed by atoms with E-state index in [1.165, 1.54) is 0 Å². The Morgan fingerprint density at radius 2 is 2.57 bits per heavy atom. The summed E-state index contributed by atoms with van der Waals surface area (Å²) in [6, 6.07) is 0. The van der Waals surface area contributed by atoms with E-state index in [0.29, 0.717) is 6.61 Å². The first-order chi connectivity index (χ1) is 3.50. The normalized spacial score (nSPS) is 21.7. The zero-order valence-corrected chi connectivity index (χ0v) is 4.13. The minimum Gasteiger partial charge on any atom is -0.379 e. The molecular formula is C5H8NO. The second kappa shape index (κ2) is 2.75. The predicted octanol–water partition coefficient (Wildman–Crippen LogP) is 0.639. The van der Waals surface area contributed by atoms with Gasteiger partial charge in [-0.05, 0) is 0 Å². The average molecular weight is 98.1 g/mol. The van der Waals surface area contributed by atoms with E-state index in [2.05, 4.69) is 4.99 Å². The molecule has 0 bridgehead atoms. The van der Waals surface area contributed by atoms with Crippen molar-refractivity contribution in [3.05, 3.63) is 6.54 Å². The highest BCUT2D eigenvalue weighted by molar-refractivity contribution is 5.57. The summed E-state index contributed by atoms with van der Waals surface area (Å²) in [6.07, 6.45) is 2.82. The molecule has 0 saturated heterocycles. The maximum Gasteiger partial charge on any atom is 0.0974 e. The summed E-state index contributed by atoms with van der Waals surface area (Å²) in [5.41, 5.74) is 0. The molecule has 0 aromatic rings.